The van der Waals surface area contributed by atoms with Crippen molar-refractivity contribution in [3.8, 4) is 0 Å². The molecule has 12 nitrogen and oxygen atoms in total. The van der Waals surface area contributed by atoms with Gasteiger partial charge in [-0.05, 0) is 31.7 Å². The molecule has 3 atom stereocenters. The van der Waals surface area contributed by atoms with E-state index in [1.165, 1.54) is 0 Å². The van der Waals surface area contributed by atoms with Crippen LogP contribution in [0.1, 0.15) is 36.7 Å². The molecule has 246 valence electrons. The van der Waals surface area contributed by atoms with E-state index in [0.29, 0.717) is 31.7 Å². The van der Waals surface area contributed by atoms with Gasteiger partial charge in [0.1, 0.15) is 25.2 Å². The number of piperazine rings is 1. The normalized spacial score (nSPS) is 17.7. The molecule has 0 saturated carbocycles. The Morgan fingerprint density at radius 3 is 1.96 bits per heavy atom. The number of carbonyl (C=O) groups is 6. The second-order valence-electron chi connectivity index (χ2n) is 12.6. The van der Waals surface area contributed by atoms with Gasteiger partial charge in [-0.25, -0.2) is 9.28 Å². The molecule has 5 amide bonds. The summed E-state index contributed by atoms with van der Waals surface area (Å²) in [4.78, 5) is 83.3. The molecule has 2 aromatic carbocycles. The number of nitrogens with zero attached hydrogens (tertiary/aromatic N) is 3. The molecule has 2 saturated heterocycles. The Bertz CT molecular complexity index is 1420. The van der Waals surface area contributed by atoms with E-state index in [2.05, 4.69) is 20.9 Å². The Kier molecular flexibility index (Phi) is 11.4. The highest BCUT2D eigenvalue weighted by molar-refractivity contribution is 6.38. The number of likely N-dealkylation sites (N-methyl/N-ethyl adjacent to an activating group) is 1. The van der Waals surface area contributed by atoms with E-state index in [1.54, 1.807) is 56.0 Å². The molecule has 2 aliphatic heterocycles. The largest absolute Gasteiger partial charge is 0.340 e. The van der Waals surface area contributed by atoms with Crippen molar-refractivity contribution in [1.29, 1.82) is 0 Å². The molecular formula is C34H45N6O6+. The number of nitrogens with one attached hydrogen (secondary N) is 3. The van der Waals surface area contributed by atoms with Crippen LogP contribution in [-0.4, -0.2) is 121 Å². The van der Waals surface area contributed by atoms with Crippen LogP contribution < -0.4 is 16.0 Å². The van der Waals surface area contributed by atoms with Crippen molar-refractivity contribution in [1.82, 2.24) is 25.8 Å². The van der Waals surface area contributed by atoms with Crippen molar-refractivity contribution in [2.45, 2.75) is 45.3 Å². The van der Waals surface area contributed by atoms with E-state index in [1.807, 2.05) is 37.4 Å². The van der Waals surface area contributed by atoms with Gasteiger partial charge in [-0.2, -0.15) is 0 Å². The zero-order valence-electron chi connectivity index (χ0n) is 27.0. The molecular weight excluding hydrogens is 588 g/mol. The lowest BCUT2D eigenvalue weighted by atomic mass is 9.96. The summed E-state index contributed by atoms with van der Waals surface area (Å²) in [5.41, 5.74) is 1.22. The van der Waals surface area contributed by atoms with Crippen LogP contribution in [0.5, 0.6) is 0 Å². The fourth-order valence-corrected chi connectivity index (χ4v) is 6.04. The molecule has 0 radical (unpaired) electrons. The zero-order chi connectivity index (χ0) is 33.4. The molecule has 2 fully saturated rings. The fraction of sp³-hybridized carbons (Fsp3) is 0.471. The van der Waals surface area contributed by atoms with Gasteiger partial charge in [-0.15, -0.1) is 0 Å². The summed E-state index contributed by atoms with van der Waals surface area (Å²) in [6.45, 7) is 8.06. The van der Waals surface area contributed by atoms with Gasteiger partial charge in [-0.1, -0.05) is 62.4 Å². The second kappa shape index (κ2) is 15.2. The first kappa shape index (κ1) is 34.5. The smallest absolute Gasteiger partial charge is 0.336 e. The number of ketones is 1. The lowest BCUT2D eigenvalue weighted by Gasteiger charge is -2.32. The molecule has 0 bridgehead atoms. The molecule has 0 aliphatic carbocycles. The minimum absolute atomic E-state index is 0.201. The third-order valence-corrected chi connectivity index (χ3v) is 8.73. The summed E-state index contributed by atoms with van der Waals surface area (Å²) in [5, 5.41) is 8.03. The molecule has 2 heterocycles. The van der Waals surface area contributed by atoms with Crippen molar-refractivity contribution in [3.05, 3.63) is 71.8 Å². The van der Waals surface area contributed by atoms with Crippen LogP contribution in [0, 0.1) is 5.92 Å². The van der Waals surface area contributed by atoms with E-state index in [0.717, 1.165) is 18.7 Å². The molecule has 2 aromatic rings. The number of Topliss-reactive ketones (excluding diaryl/α,β-unsaturated/α-hetero) is 1. The third kappa shape index (κ3) is 8.43. The first-order valence-corrected chi connectivity index (χ1v) is 15.8. The van der Waals surface area contributed by atoms with Crippen LogP contribution in [0.4, 0.5) is 0 Å². The van der Waals surface area contributed by atoms with E-state index in [9.17, 15) is 28.8 Å². The van der Waals surface area contributed by atoms with Gasteiger partial charge in [0.15, 0.2) is 6.04 Å². The number of hydrogen-bond acceptors (Lipinski definition) is 7. The Labute approximate surface area is 270 Å². The average Bonchev–Trinajstić information content (AvgIpc) is 3.85. The molecule has 46 heavy (non-hydrogen) atoms. The Morgan fingerprint density at radius 1 is 0.804 bits per heavy atom. The van der Waals surface area contributed by atoms with Gasteiger partial charge in [0.25, 0.3) is 17.6 Å². The van der Waals surface area contributed by atoms with Crippen molar-refractivity contribution < 1.29 is 33.3 Å². The van der Waals surface area contributed by atoms with Crippen molar-refractivity contribution >= 4 is 35.3 Å². The van der Waals surface area contributed by atoms with Crippen LogP contribution in [0.3, 0.4) is 0 Å². The Morgan fingerprint density at radius 2 is 1.39 bits per heavy atom. The maximum absolute atomic E-state index is 13.9. The summed E-state index contributed by atoms with van der Waals surface area (Å²) in [7, 11) is 1.97. The van der Waals surface area contributed by atoms with Gasteiger partial charge in [0.2, 0.25) is 11.8 Å². The zero-order valence-corrected chi connectivity index (χ0v) is 27.0. The van der Waals surface area contributed by atoms with Gasteiger partial charge in [0, 0.05) is 44.1 Å². The van der Waals surface area contributed by atoms with Gasteiger partial charge in [0.05, 0.1) is 6.54 Å². The highest BCUT2D eigenvalue weighted by Crippen LogP contribution is 2.33. The van der Waals surface area contributed by atoms with Crippen LogP contribution >= 0.6 is 0 Å². The van der Waals surface area contributed by atoms with E-state index in [-0.39, 0.29) is 29.3 Å². The summed E-state index contributed by atoms with van der Waals surface area (Å²) in [6, 6.07) is 14.8. The fourth-order valence-electron chi connectivity index (χ4n) is 6.04. The standard InChI is InChI=1S/C34H44N6O6/c1-23(2)29(30(42)33(45)35-22-28(41)39-17-15-38(4)16-18-39)40(19-20-40)34(46)24(3)36-32(44)27(21-25-11-7-5-8-12-25)37-31(43)26-13-9-6-10-14-26/h5-14,23-24,27,29H,15-22H2,1-4H3,(H2-,35,36,37,43,44,45)/p+1/t24-,27-,29-/m0/s1. The minimum atomic E-state index is -1.00. The SMILES string of the molecule is CC(C)[C@@H](C(=O)C(=O)NCC(=O)N1CCN(C)CC1)[N+]1(C(=O)[C@H](C)NC(=O)[C@H](Cc2ccccc2)NC(=O)c2ccccc2)CC1. The highest BCUT2D eigenvalue weighted by Gasteiger charge is 2.61. The van der Waals surface area contributed by atoms with Crippen molar-refractivity contribution in [2.24, 2.45) is 5.92 Å². The van der Waals surface area contributed by atoms with E-state index >= 15 is 0 Å². The van der Waals surface area contributed by atoms with Crippen molar-refractivity contribution in [3.63, 3.8) is 0 Å². The summed E-state index contributed by atoms with van der Waals surface area (Å²) in [6.07, 6.45) is 0.201. The average molecular weight is 634 g/mol. The van der Waals surface area contributed by atoms with E-state index in [4.69, 9.17) is 0 Å². The Balaban J connectivity index is 1.41. The molecule has 4 rings (SSSR count). The lowest BCUT2D eigenvalue weighted by Crippen LogP contribution is -2.61. The lowest BCUT2D eigenvalue weighted by molar-refractivity contribution is -0.743. The molecule has 0 spiro atoms. The molecule has 3 N–H and O–H groups in total. The van der Waals surface area contributed by atoms with Gasteiger partial charge >= 0.3 is 5.91 Å². The topological polar surface area (TPSA) is 145 Å². The summed E-state index contributed by atoms with van der Waals surface area (Å²) >= 11 is 0. The number of rotatable bonds is 13. The second-order valence-corrected chi connectivity index (χ2v) is 12.6. The number of hydrogen-bond donors (Lipinski definition) is 3. The number of carbonyl (C=O) groups excluding carboxylic acids is 6. The highest BCUT2D eigenvalue weighted by atomic mass is 16.2. The van der Waals surface area contributed by atoms with Crippen molar-refractivity contribution in [2.75, 3.05) is 52.9 Å². The number of quaternary nitrogens is 1. The van der Waals surface area contributed by atoms with Crippen LogP contribution in [-0.2, 0) is 30.4 Å². The first-order chi connectivity index (χ1) is 21.9. The van der Waals surface area contributed by atoms with Crippen LogP contribution in [0.15, 0.2) is 60.7 Å². The molecule has 12 heteroatoms. The molecule has 0 aromatic heterocycles. The first-order valence-electron chi connectivity index (χ1n) is 15.8. The van der Waals surface area contributed by atoms with Gasteiger partial charge < -0.3 is 25.8 Å². The maximum atomic E-state index is 13.9. The Hall–Kier alpha value is -4.42. The monoisotopic (exact) mass is 633 g/mol. The number of amides is 5. The molecule has 2 aliphatic rings. The third-order valence-electron chi connectivity index (χ3n) is 8.73. The quantitative estimate of drug-likeness (QED) is 0.164. The minimum Gasteiger partial charge on any atom is -0.340 e. The van der Waals surface area contributed by atoms with Crippen LogP contribution in [0.25, 0.3) is 0 Å². The summed E-state index contributed by atoms with van der Waals surface area (Å²) < 4.78 is -0.266. The summed E-state index contributed by atoms with van der Waals surface area (Å²) in [5.74, 6) is -3.65. The van der Waals surface area contributed by atoms with Gasteiger partial charge in [-0.3, -0.25) is 24.0 Å². The molecule has 0 unspecified atom stereocenters. The van der Waals surface area contributed by atoms with Crippen LogP contribution in [0.2, 0.25) is 0 Å². The predicted octanol–water partition coefficient (Wildman–Crippen LogP) is 0.373. The van der Waals surface area contributed by atoms with E-state index < -0.39 is 47.5 Å². The maximum Gasteiger partial charge on any atom is 0.336 e. The number of benzene rings is 2. The predicted molar refractivity (Wildman–Crippen MR) is 171 cm³/mol.